The highest BCUT2D eigenvalue weighted by Crippen LogP contribution is 2.29. The van der Waals surface area contributed by atoms with Crippen LogP contribution in [0.15, 0.2) is 34.9 Å². The molecule has 0 aliphatic heterocycles. The monoisotopic (exact) mass is 269 g/mol. The summed E-state index contributed by atoms with van der Waals surface area (Å²) in [6.45, 7) is 1.92. The number of benzene rings is 1. The molecule has 90 valence electrons. The Morgan fingerprint density at radius 3 is 2.41 bits per heavy atom. The van der Waals surface area contributed by atoms with Gasteiger partial charge in [-0.2, -0.15) is 0 Å². The van der Waals surface area contributed by atoms with Crippen LogP contribution >= 0.6 is 23.2 Å². The molecule has 0 aliphatic rings. The average Bonchev–Trinajstić information content (AvgIpc) is 2.71. The van der Waals surface area contributed by atoms with Crippen molar-refractivity contribution < 1.29 is 4.42 Å². The zero-order valence-corrected chi connectivity index (χ0v) is 11.1. The second-order valence-electron chi connectivity index (χ2n) is 3.89. The van der Waals surface area contributed by atoms with Gasteiger partial charge in [0.15, 0.2) is 0 Å². The van der Waals surface area contributed by atoms with E-state index in [1.54, 1.807) is 12.3 Å². The number of furan rings is 1. The predicted octanol–water partition coefficient (Wildman–Crippen LogP) is 4.20. The van der Waals surface area contributed by atoms with Gasteiger partial charge in [-0.05, 0) is 37.7 Å². The van der Waals surface area contributed by atoms with Crippen LogP contribution in [0.5, 0.6) is 0 Å². The Labute approximate surface area is 111 Å². The lowest BCUT2D eigenvalue weighted by molar-refractivity contribution is 0.528. The van der Waals surface area contributed by atoms with Gasteiger partial charge in [0.2, 0.25) is 0 Å². The molecule has 1 atom stereocenters. The zero-order chi connectivity index (χ0) is 12.4. The minimum absolute atomic E-state index is 0.0576. The van der Waals surface area contributed by atoms with Crippen LogP contribution in [-0.2, 0) is 0 Å². The molecule has 0 amide bonds. The Balaban J connectivity index is 2.38. The molecule has 2 rings (SSSR count). The van der Waals surface area contributed by atoms with Gasteiger partial charge in [-0.15, -0.1) is 0 Å². The van der Waals surface area contributed by atoms with Crippen LogP contribution in [-0.4, -0.2) is 7.05 Å². The largest absolute Gasteiger partial charge is 0.469 e. The molecule has 0 aliphatic carbocycles. The van der Waals surface area contributed by atoms with Crippen LogP contribution in [0, 0.1) is 6.92 Å². The van der Waals surface area contributed by atoms with Crippen molar-refractivity contribution in [3.8, 4) is 0 Å². The zero-order valence-electron chi connectivity index (χ0n) is 9.63. The summed E-state index contributed by atoms with van der Waals surface area (Å²) in [6, 6.07) is 7.69. The van der Waals surface area contributed by atoms with E-state index in [-0.39, 0.29) is 6.04 Å². The molecule has 0 bridgehead atoms. The normalized spacial score (nSPS) is 12.7. The average molecular weight is 270 g/mol. The number of rotatable bonds is 3. The second-order valence-corrected chi connectivity index (χ2v) is 4.70. The number of nitrogens with one attached hydrogen (secondary N) is 1. The van der Waals surface area contributed by atoms with E-state index in [1.165, 1.54) is 0 Å². The van der Waals surface area contributed by atoms with Gasteiger partial charge in [-0.3, -0.25) is 0 Å². The number of hydrogen-bond acceptors (Lipinski definition) is 2. The summed E-state index contributed by atoms with van der Waals surface area (Å²) < 4.78 is 5.32. The highest BCUT2D eigenvalue weighted by Gasteiger charge is 2.15. The third-order valence-electron chi connectivity index (χ3n) is 2.65. The molecule has 0 saturated carbocycles. The topological polar surface area (TPSA) is 25.2 Å². The lowest BCUT2D eigenvalue weighted by atomic mass is 10.0. The first-order chi connectivity index (χ1) is 8.11. The molecular formula is C13H13Cl2NO. The fraction of sp³-hybridized carbons (Fsp3) is 0.231. The highest BCUT2D eigenvalue weighted by molar-refractivity contribution is 6.42. The van der Waals surface area contributed by atoms with Crippen molar-refractivity contribution in [2.45, 2.75) is 13.0 Å². The molecule has 4 heteroatoms. The van der Waals surface area contributed by atoms with E-state index < -0.39 is 0 Å². The fourth-order valence-electron chi connectivity index (χ4n) is 1.83. The molecule has 0 radical (unpaired) electrons. The van der Waals surface area contributed by atoms with Gasteiger partial charge in [0.25, 0.3) is 0 Å². The SMILES string of the molecule is CNC(c1coc(C)c1)c1ccc(Cl)c(Cl)c1. The maximum Gasteiger partial charge on any atom is 0.101 e. The predicted molar refractivity (Wildman–Crippen MR) is 70.8 cm³/mol. The fourth-order valence-corrected chi connectivity index (χ4v) is 2.14. The van der Waals surface area contributed by atoms with Crippen molar-refractivity contribution in [2.75, 3.05) is 7.05 Å². The molecule has 1 aromatic heterocycles. The molecule has 1 heterocycles. The van der Waals surface area contributed by atoms with E-state index in [9.17, 15) is 0 Å². The lowest BCUT2D eigenvalue weighted by Crippen LogP contribution is -2.16. The van der Waals surface area contributed by atoms with E-state index in [1.807, 2.05) is 32.2 Å². The summed E-state index contributed by atoms with van der Waals surface area (Å²) in [7, 11) is 1.90. The van der Waals surface area contributed by atoms with Crippen molar-refractivity contribution in [2.24, 2.45) is 0 Å². The summed E-state index contributed by atoms with van der Waals surface area (Å²) in [4.78, 5) is 0. The molecule has 1 unspecified atom stereocenters. The summed E-state index contributed by atoms with van der Waals surface area (Å²) >= 11 is 11.9. The van der Waals surface area contributed by atoms with Crippen molar-refractivity contribution in [1.29, 1.82) is 0 Å². The minimum Gasteiger partial charge on any atom is -0.469 e. The molecule has 2 nitrogen and oxygen atoms in total. The Kier molecular flexibility index (Phi) is 3.77. The number of hydrogen-bond donors (Lipinski definition) is 1. The van der Waals surface area contributed by atoms with Gasteiger partial charge in [0.1, 0.15) is 5.76 Å². The lowest BCUT2D eigenvalue weighted by Gasteiger charge is -2.15. The molecule has 2 aromatic rings. The van der Waals surface area contributed by atoms with E-state index in [0.29, 0.717) is 10.0 Å². The first-order valence-corrected chi connectivity index (χ1v) is 6.04. The van der Waals surface area contributed by atoms with Gasteiger partial charge >= 0.3 is 0 Å². The summed E-state index contributed by atoms with van der Waals surface area (Å²) in [6.07, 6.45) is 1.75. The third kappa shape index (κ3) is 2.65. The van der Waals surface area contributed by atoms with Gasteiger partial charge in [-0.25, -0.2) is 0 Å². The van der Waals surface area contributed by atoms with Crippen molar-refractivity contribution in [1.82, 2.24) is 5.32 Å². The highest BCUT2D eigenvalue weighted by atomic mass is 35.5. The maximum atomic E-state index is 6.02. The molecule has 0 fully saturated rings. The van der Waals surface area contributed by atoms with Gasteiger partial charge < -0.3 is 9.73 Å². The van der Waals surface area contributed by atoms with Crippen LogP contribution in [0.3, 0.4) is 0 Å². The van der Waals surface area contributed by atoms with Gasteiger partial charge in [0, 0.05) is 5.56 Å². The molecule has 0 saturated heterocycles. The maximum absolute atomic E-state index is 6.02. The van der Waals surface area contributed by atoms with E-state index >= 15 is 0 Å². The smallest absolute Gasteiger partial charge is 0.101 e. The van der Waals surface area contributed by atoms with Gasteiger partial charge in [0.05, 0.1) is 22.4 Å². The van der Waals surface area contributed by atoms with Crippen LogP contribution < -0.4 is 5.32 Å². The third-order valence-corrected chi connectivity index (χ3v) is 3.39. The van der Waals surface area contributed by atoms with Crippen molar-refractivity contribution >= 4 is 23.2 Å². The van der Waals surface area contributed by atoms with Crippen LogP contribution in [0.1, 0.15) is 22.9 Å². The Bertz CT molecular complexity index is 522. The Hall–Kier alpha value is -0.960. The van der Waals surface area contributed by atoms with Crippen LogP contribution in [0.2, 0.25) is 10.0 Å². The van der Waals surface area contributed by atoms with Crippen molar-refractivity contribution in [3.63, 3.8) is 0 Å². The number of aryl methyl sites for hydroxylation is 1. The standard InChI is InChI=1S/C13H13Cl2NO/c1-8-5-10(7-17-8)13(16-2)9-3-4-11(14)12(15)6-9/h3-7,13,16H,1-2H3. The van der Waals surface area contributed by atoms with Crippen LogP contribution in [0.4, 0.5) is 0 Å². The first-order valence-electron chi connectivity index (χ1n) is 5.29. The van der Waals surface area contributed by atoms with E-state index in [0.717, 1.165) is 16.9 Å². The quantitative estimate of drug-likeness (QED) is 0.904. The summed E-state index contributed by atoms with van der Waals surface area (Å²) in [5, 5.41) is 4.36. The molecule has 17 heavy (non-hydrogen) atoms. The molecule has 0 spiro atoms. The van der Waals surface area contributed by atoms with Crippen molar-refractivity contribution in [3.05, 3.63) is 57.5 Å². The Morgan fingerprint density at radius 1 is 1.12 bits per heavy atom. The number of halogens is 2. The summed E-state index contributed by atoms with van der Waals surface area (Å²) in [5.74, 6) is 0.889. The van der Waals surface area contributed by atoms with Crippen LogP contribution in [0.25, 0.3) is 0 Å². The van der Waals surface area contributed by atoms with Gasteiger partial charge in [-0.1, -0.05) is 29.3 Å². The molecular weight excluding hydrogens is 257 g/mol. The first kappa shape index (κ1) is 12.5. The van der Waals surface area contributed by atoms with E-state index in [2.05, 4.69) is 5.32 Å². The minimum atomic E-state index is 0.0576. The van der Waals surface area contributed by atoms with E-state index in [4.69, 9.17) is 27.6 Å². The molecule has 1 N–H and O–H groups in total. The second kappa shape index (κ2) is 5.13. The molecule has 1 aromatic carbocycles. The Morgan fingerprint density at radius 2 is 1.88 bits per heavy atom. The summed E-state index contributed by atoms with van der Waals surface area (Å²) in [5.41, 5.74) is 2.13.